The third-order valence-corrected chi connectivity index (χ3v) is 3.27. The maximum atomic E-state index is 11.8. The summed E-state index contributed by atoms with van der Waals surface area (Å²) in [5.41, 5.74) is 0.841. The Morgan fingerprint density at radius 3 is 2.60 bits per heavy atom. The fourth-order valence-corrected chi connectivity index (χ4v) is 2.18. The lowest BCUT2D eigenvalue weighted by Crippen LogP contribution is -2.32. The fourth-order valence-electron chi connectivity index (χ4n) is 2.18. The van der Waals surface area contributed by atoms with Crippen molar-refractivity contribution in [3.8, 4) is 11.4 Å². The average Bonchev–Trinajstić information content (AvgIpc) is 3.18. The second kappa shape index (κ2) is 5.68. The Morgan fingerprint density at radius 1 is 1.20 bits per heavy atom. The van der Waals surface area contributed by atoms with Crippen LogP contribution in [0, 0.1) is 0 Å². The Hall–Kier alpha value is -2.44. The lowest BCUT2D eigenvalue weighted by molar-refractivity contribution is -0.132. The molecule has 0 bridgehead atoms. The van der Waals surface area contributed by atoms with E-state index in [4.69, 9.17) is 4.74 Å². The van der Waals surface area contributed by atoms with Gasteiger partial charge in [-0.05, 0) is 47.5 Å². The van der Waals surface area contributed by atoms with E-state index in [0.29, 0.717) is 5.75 Å². The van der Waals surface area contributed by atoms with Crippen LogP contribution in [0.15, 0.2) is 30.6 Å². The molecule has 0 unspecified atom stereocenters. The molecule has 0 N–H and O–H groups in total. The van der Waals surface area contributed by atoms with E-state index >= 15 is 0 Å². The van der Waals surface area contributed by atoms with Crippen LogP contribution in [-0.4, -0.2) is 50.7 Å². The molecule has 7 nitrogen and oxygen atoms in total. The number of amides is 1. The van der Waals surface area contributed by atoms with Gasteiger partial charge < -0.3 is 9.64 Å². The highest BCUT2D eigenvalue weighted by atomic mass is 16.5. The van der Waals surface area contributed by atoms with E-state index in [1.165, 1.54) is 6.33 Å². The van der Waals surface area contributed by atoms with Gasteiger partial charge in [0.2, 0.25) is 0 Å². The first-order valence-electron chi connectivity index (χ1n) is 6.57. The van der Waals surface area contributed by atoms with Crippen molar-refractivity contribution in [2.24, 2.45) is 0 Å². The minimum absolute atomic E-state index is 0.0482. The van der Waals surface area contributed by atoms with Gasteiger partial charge in [-0.25, -0.2) is 4.68 Å². The summed E-state index contributed by atoms with van der Waals surface area (Å²) in [6, 6.07) is 7.28. The summed E-state index contributed by atoms with van der Waals surface area (Å²) < 4.78 is 7.06. The number of ether oxygens (including phenoxy) is 1. The SMILES string of the molecule is O=C(COc1ccc(-n2cnnn2)cc1)N1CCCC1. The van der Waals surface area contributed by atoms with Gasteiger partial charge in [-0.1, -0.05) is 0 Å². The third-order valence-electron chi connectivity index (χ3n) is 3.27. The standard InChI is InChI=1S/C13H15N5O2/c19-13(17-7-1-2-8-17)9-20-12-5-3-11(4-6-12)18-10-14-15-16-18/h3-6,10H,1-2,7-9H2. The van der Waals surface area contributed by atoms with E-state index in [1.807, 2.05) is 17.0 Å². The van der Waals surface area contributed by atoms with E-state index in [9.17, 15) is 4.79 Å². The maximum absolute atomic E-state index is 11.8. The van der Waals surface area contributed by atoms with E-state index in [2.05, 4.69) is 15.5 Å². The molecule has 0 atom stereocenters. The van der Waals surface area contributed by atoms with Crippen LogP contribution in [0.5, 0.6) is 5.75 Å². The molecule has 1 amide bonds. The fraction of sp³-hybridized carbons (Fsp3) is 0.385. The molecule has 0 aliphatic carbocycles. The zero-order valence-corrected chi connectivity index (χ0v) is 11.0. The largest absolute Gasteiger partial charge is 0.484 e. The van der Waals surface area contributed by atoms with Gasteiger partial charge in [0.15, 0.2) is 6.61 Å². The van der Waals surface area contributed by atoms with E-state index in [-0.39, 0.29) is 12.5 Å². The monoisotopic (exact) mass is 273 g/mol. The number of tetrazole rings is 1. The smallest absolute Gasteiger partial charge is 0.260 e. The van der Waals surface area contributed by atoms with Crippen molar-refractivity contribution < 1.29 is 9.53 Å². The lowest BCUT2D eigenvalue weighted by Gasteiger charge is -2.15. The van der Waals surface area contributed by atoms with Gasteiger partial charge in [-0.15, -0.1) is 5.10 Å². The number of carbonyl (C=O) groups is 1. The molecule has 1 aliphatic heterocycles. The lowest BCUT2D eigenvalue weighted by atomic mass is 10.3. The molecule has 1 fully saturated rings. The third kappa shape index (κ3) is 2.76. The predicted molar refractivity (Wildman–Crippen MR) is 70.5 cm³/mol. The number of carbonyl (C=O) groups excluding carboxylic acids is 1. The topological polar surface area (TPSA) is 73.1 Å². The highest BCUT2D eigenvalue weighted by Gasteiger charge is 2.17. The molecule has 1 saturated heterocycles. The Balaban J connectivity index is 1.57. The number of aromatic nitrogens is 4. The van der Waals surface area contributed by atoms with Crippen LogP contribution in [0.1, 0.15) is 12.8 Å². The van der Waals surface area contributed by atoms with Gasteiger partial charge in [-0.2, -0.15) is 0 Å². The van der Waals surface area contributed by atoms with Crippen molar-refractivity contribution in [3.05, 3.63) is 30.6 Å². The molecule has 1 aromatic carbocycles. The van der Waals surface area contributed by atoms with Crippen molar-refractivity contribution in [1.29, 1.82) is 0 Å². The molecule has 2 aromatic rings. The molecule has 1 aromatic heterocycles. The molecule has 0 radical (unpaired) electrons. The van der Waals surface area contributed by atoms with Gasteiger partial charge in [-0.3, -0.25) is 4.79 Å². The minimum Gasteiger partial charge on any atom is -0.484 e. The van der Waals surface area contributed by atoms with Gasteiger partial charge in [0.05, 0.1) is 5.69 Å². The molecule has 3 rings (SSSR count). The normalized spacial score (nSPS) is 14.5. The quantitative estimate of drug-likeness (QED) is 0.818. The van der Waals surface area contributed by atoms with E-state index in [0.717, 1.165) is 31.6 Å². The molecule has 20 heavy (non-hydrogen) atoms. The van der Waals surface area contributed by atoms with E-state index < -0.39 is 0 Å². The van der Waals surface area contributed by atoms with Gasteiger partial charge in [0.1, 0.15) is 12.1 Å². The number of likely N-dealkylation sites (tertiary alicyclic amines) is 1. The Labute approximate surface area is 116 Å². The summed E-state index contributed by atoms with van der Waals surface area (Å²) in [6.45, 7) is 1.78. The predicted octanol–water partition coefficient (Wildman–Crippen LogP) is 0.663. The second-order valence-electron chi connectivity index (χ2n) is 4.62. The average molecular weight is 273 g/mol. The zero-order valence-electron chi connectivity index (χ0n) is 11.0. The van der Waals surface area contributed by atoms with Crippen molar-refractivity contribution in [2.75, 3.05) is 19.7 Å². The summed E-state index contributed by atoms with van der Waals surface area (Å²) in [6.07, 6.45) is 3.70. The summed E-state index contributed by atoms with van der Waals surface area (Å²) >= 11 is 0. The number of hydrogen-bond donors (Lipinski definition) is 0. The molecule has 104 valence electrons. The number of hydrogen-bond acceptors (Lipinski definition) is 5. The molecular formula is C13H15N5O2. The van der Waals surface area contributed by atoms with Crippen molar-refractivity contribution in [3.63, 3.8) is 0 Å². The van der Waals surface area contributed by atoms with Gasteiger partial charge in [0.25, 0.3) is 5.91 Å². The van der Waals surface area contributed by atoms with Crippen LogP contribution in [0.4, 0.5) is 0 Å². The first-order valence-corrected chi connectivity index (χ1v) is 6.57. The molecule has 0 saturated carbocycles. The number of rotatable bonds is 4. The Bertz CT molecular complexity index is 561. The van der Waals surface area contributed by atoms with Crippen LogP contribution in [0.3, 0.4) is 0 Å². The molecule has 1 aliphatic rings. The maximum Gasteiger partial charge on any atom is 0.260 e. The molecular weight excluding hydrogens is 258 g/mol. The van der Waals surface area contributed by atoms with Crippen LogP contribution < -0.4 is 4.74 Å². The zero-order chi connectivity index (χ0) is 13.8. The summed E-state index contributed by atoms with van der Waals surface area (Å²) in [7, 11) is 0. The Kier molecular flexibility index (Phi) is 3.58. The Morgan fingerprint density at radius 2 is 1.95 bits per heavy atom. The van der Waals surface area contributed by atoms with Crippen molar-refractivity contribution in [2.45, 2.75) is 12.8 Å². The number of benzene rings is 1. The summed E-state index contributed by atoms with van der Waals surface area (Å²) in [5, 5.41) is 10.9. The first-order chi connectivity index (χ1) is 9.83. The van der Waals surface area contributed by atoms with Gasteiger partial charge in [0, 0.05) is 13.1 Å². The first kappa shape index (κ1) is 12.6. The van der Waals surface area contributed by atoms with E-state index in [1.54, 1.807) is 16.8 Å². The molecule has 0 spiro atoms. The van der Waals surface area contributed by atoms with Gasteiger partial charge >= 0.3 is 0 Å². The molecule has 2 heterocycles. The number of nitrogens with zero attached hydrogens (tertiary/aromatic N) is 5. The van der Waals surface area contributed by atoms with Crippen molar-refractivity contribution in [1.82, 2.24) is 25.1 Å². The van der Waals surface area contributed by atoms with Crippen molar-refractivity contribution >= 4 is 5.91 Å². The highest BCUT2D eigenvalue weighted by Crippen LogP contribution is 2.15. The summed E-state index contributed by atoms with van der Waals surface area (Å²) in [5.74, 6) is 0.710. The minimum atomic E-state index is 0.0482. The molecule has 7 heteroatoms. The van der Waals surface area contributed by atoms with Crippen LogP contribution >= 0.6 is 0 Å². The summed E-state index contributed by atoms with van der Waals surface area (Å²) in [4.78, 5) is 13.7. The highest BCUT2D eigenvalue weighted by molar-refractivity contribution is 5.78. The second-order valence-corrected chi connectivity index (χ2v) is 4.62. The van der Waals surface area contributed by atoms with Crippen LogP contribution in [0.25, 0.3) is 5.69 Å². The van der Waals surface area contributed by atoms with Crippen LogP contribution in [0.2, 0.25) is 0 Å². The van der Waals surface area contributed by atoms with Crippen LogP contribution in [-0.2, 0) is 4.79 Å².